The van der Waals surface area contributed by atoms with Gasteiger partial charge in [-0.1, -0.05) is 59.9 Å². The van der Waals surface area contributed by atoms with Crippen molar-refractivity contribution in [2.75, 3.05) is 12.1 Å². The van der Waals surface area contributed by atoms with Crippen LogP contribution in [-0.4, -0.2) is 29.3 Å². The average Bonchev–Trinajstić information content (AvgIpc) is 3.02. The highest BCUT2D eigenvalue weighted by atomic mass is 32.1. The van der Waals surface area contributed by atoms with Crippen molar-refractivity contribution in [1.82, 2.24) is 4.98 Å². The van der Waals surface area contributed by atoms with Crippen molar-refractivity contribution in [3.63, 3.8) is 0 Å². The molecule has 0 amide bonds. The second-order valence-electron chi connectivity index (χ2n) is 5.43. The summed E-state index contributed by atoms with van der Waals surface area (Å²) in [5.74, 6) is -0.971. The molecule has 0 unspecified atom stereocenters. The van der Waals surface area contributed by atoms with Crippen LogP contribution in [0.1, 0.15) is 20.8 Å². The van der Waals surface area contributed by atoms with Crippen molar-refractivity contribution in [3.05, 3.63) is 70.6 Å². The van der Waals surface area contributed by atoms with Gasteiger partial charge in [-0.25, -0.2) is 14.8 Å². The number of aromatic carboxylic acids is 1. The summed E-state index contributed by atoms with van der Waals surface area (Å²) in [5, 5.41) is 16.0. The van der Waals surface area contributed by atoms with E-state index in [1.54, 1.807) is 53.9 Å². The standard InChI is InChI=1S/C19H17N3O2S/c1-13-17(14-8-4-3-5-9-14)21-19(25-13)22(2)20-12-15-10-6-7-11-16(15)18(23)24/h3-12H,1-2H3,(H,23,24). The summed E-state index contributed by atoms with van der Waals surface area (Å²) >= 11 is 1.55. The molecule has 0 aliphatic rings. The predicted molar refractivity (Wildman–Crippen MR) is 102 cm³/mol. The molecule has 0 aliphatic carbocycles. The molecule has 0 fully saturated rings. The van der Waals surface area contributed by atoms with E-state index in [0.29, 0.717) is 5.56 Å². The number of carboxylic acids is 1. The van der Waals surface area contributed by atoms with Crippen molar-refractivity contribution in [2.45, 2.75) is 6.92 Å². The summed E-state index contributed by atoms with van der Waals surface area (Å²) in [6, 6.07) is 16.8. The molecule has 126 valence electrons. The second-order valence-corrected chi connectivity index (χ2v) is 6.61. The first-order valence-corrected chi connectivity index (χ1v) is 8.51. The van der Waals surface area contributed by atoms with Gasteiger partial charge in [-0.2, -0.15) is 5.10 Å². The van der Waals surface area contributed by atoms with Crippen LogP contribution in [0.3, 0.4) is 0 Å². The highest BCUT2D eigenvalue weighted by Gasteiger charge is 2.12. The fourth-order valence-electron chi connectivity index (χ4n) is 2.39. The lowest BCUT2D eigenvalue weighted by Crippen LogP contribution is -2.09. The average molecular weight is 351 g/mol. The normalized spacial score (nSPS) is 11.0. The monoisotopic (exact) mass is 351 g/mol. The maximum absolute atomic E-state index is 11.3. The molecule has 2 aromatic carbocycles. The van der Waals surface area contributed by atoms with Crippen molar-refractivity contribution in [2.24, 2.45) is 5.10 Å². The fourth-order valence-corrected chi connectivity index (χ4v) is 3.24. The zero-order valence-corrected chi connectivity index (χ0v) is 14.7. The van der Waals surface area contributed by atoms with Crippen molar-refractivity contribution in [1.29, 1.82) is 0 Å². The van der Waals surface area contributed by atoms with Crippen LogP contribution in [0, 0.1) is 6.92 Å². The Kier molecular flexibility index (Phi) is 4.90. The van der Waals surface area contributed by atoms with E-state index in [4.69, 9.17) is 0 Å². The topological polar surface area (TPSA) is 65.8 Å². The first-order chi connectivity index (χ1) is 12.1. The van der Waals surface area contributed by atoms with Gasteiger partial charge in [0, 0.05) is 23.1 Å². The van der Waals surface area contributed by atoms with Crippen LogP contribution in [0.2, 0.25) is 0 Å². The van der Waals surface area contributed by atoms with E-state index in [0.717, 1.165) is 21.3 Å². The van der Waals surface area contributed by atoms with Gasteiger partial charge in [0.15, 0.2) is 0 Å². The number of nitrogens with zero attached hydrogens (tertiary/aromatic N) is 3. The summed E-state index contributed by atoms with van der Waals surface area (Å²) in [6.45, 7) is 2.03. The number of rotatable bonds is 5. The van der Waals surface area contributed by atoms with Crippen LogP contribution in [0.15, 0.2) is 59.7 Å². The molecule has 0 aliphatic heterocycles. The lowest BCUT2D eigenvalue weighted by molar-refractivity contribution is 0.0697. The Balaban J connectivity index is 1.85. The third kappa shape index (κ3) is 3.75. The molecule has 25 heavy (non-hydrogen) atoms. The summed E-state index contributed by atoms with van der Waals surface area (Å²) in [7, 11) is 1.80. The van der Waals surface area contributed by atoms with Crippen LogP contribution in [0.25, 0.3) is 11.3 Å². The smallest absolute Gasteiger partial charge is 0.336 e. The molecule has 3 aromatic rings. The van der Waals surface area contributed by atoms with Crippen LogP contribution >= 0.6 is 11.3 Å². The number of aromatic nitrogens is 1. The maximum Gasteiger partial charge on any atom is 0.336 e. The molecule has 0 radical (unpaired) electrons. The van der Waals surface area contributed by atoms with Crippen LogP contribution in [0.4, 0.5) is 5.13 Å². The number of thiazole rings is 1. The summed E-state index contributed by atoms with van der Waals surface area (Å²) in [4.78, 5) is 17.0. The van der Waals surface area contributed by atoms with Gasteiger partial charge in [0.1, 0.15) is 0 Å². The largest absolute Gasteiger partial charge is 0.478 e. The van der Waals surface area contributed by atoms with Crippen LogP contribution in [0.5, 0.6) is 0 Å². The molecule has 6 heteroatoms. The molecule has 5 nitrogen and oxygen atoms in total. The van der Waals surface area contributed by atoms with Gasteiger partial charge >= 0.3 is 5.97 Å². The van der Waals surface area contributed by atoms with Gasteiger partial charge in [0.05, 0.1) is 17.5 Å². The van der Waals surface area contributed by atoms with Gasteiger partial charge in [0.25, 0.3) is 0 Å². The molecule has 1 N–H and O–H groups in total. The summed E-state index contributed by atoms with van der Waals surface area (Å²) in [6.07, 6.45) is 1.54. The van der Waals surface area contributed by atoms with E-state index in [1.807, 2.05) is 37.3 Å². The number of carbonyl (C=O) groups is 1. The zero-order chi connectivity index (χ0) is 17.8. The molecule has 1 aromatic heterocycles. The van der Waals surface area contributed by atoms with Gasteiger partial charge in [0.2, 0.25) is 5.13 Å². The Labute approximate surface area is 149 Å². The highest BCUT2D eigenvalue weighted by molar-refractivity contribution is 7.16. The lowest BCUT2D eigenvalue weighted by Gasteiger charge is -2.08. The van der Waals surface area contributed by atoms with Crippen molar-refractivity contribution in [3.8, 4) is 11.3 Å². The molecular formula is C19H17N3O2S. The predicted octanol–water partition coefficient (Wildman–Crippen LogP) is 4.29. The van der Waals surface area contributed by atoms with E-state index in [1.165, 1.54) is 0 Å². The van der Waals surface area contributed by atoms with Crippen LogP contribution < -0.4 is 5.01 Å². The third-order valence-corrected chi connectivity index (χ3v) is 4.71. The minimum Gasteiger partial charge on any atom is -0.478 e. The number of hydrazone groups is 1. The Morgan fingerprint density at radius 2 is 1.84 bits per heavy atom. The first-order valence-electron chi connectivity index (χ1n) is 7.69. The number of hydrogen-bond donors (Lipinski definition) is 1. The Hall–Kier alpha value is -2.99. The Bertz CT molecular complexity index is 919. The van der Waals surface area contributed by atoms with Gasteiger partial charge < -0.3 is 5.11 Å². The van der Waals surface area contributed by atoms with Crippen molar-refractivity contribution >= 4 is 28.7 Å². The second kappa shape index (κ2) is 7.27. The minimum atomic E-state index is -0.971. The molecule has 3 rings (SSSR count). The highest BCUT2D eigenvalue weighted by Crippen LogP contribution is 2.31. The van der Waals surface area contributed by atoms with Gasteiger partial charge in [-0.3, -0.25) is 0 Å². The Morgan fingerprint density at radius 1 is 1.16 bits per heavy atom. The number of benzene rings is 2. The third-order valence-electron chi connectivity index (χ3n) is 3.67. The summed E-state index contributed by atoms with van der Waals surface area (Å²) in [5.41, 5.74) is 2.78. The Morgan fingerprint density at radius 3 is 2.56 bits per heavy atom. The SMILES string of the molecule is Cc1sc(N(C)N=Cc2ccccc2C(=O)O)nc1-c1ccccc1. The fraction of sp³-hybridized carbons (Fsp3) is 0.105. The summed E-state index contributed by atoms with van der Waals surface area (Å²) < 4.78 is 0. The molecule has 0 saturated heterocycles. The molecular weight excluding hydrogens is 334 g/mol. The number of hydrogen-bond acceptors (Lipinski definition) is 5. The van der Waals surface area contributed by atoms with E-state index in [-0.39, 0.29) is 5.56 Å². The van der Waals surface area contributed by atoms with E-state index < -0.39 is 5.97 Å². The molecule has 0 bridgehead atoms. The number of anilines is 1. The lowest BCUT2D eigenvalue weighted by atomic mass is 10.1. The number of carboxylic acid groups (broad SMARTS) is 1. The quantitative estimate of drug-likeness (QED) is 0.550. The van der Waals surface area contributed by atoms with E-state index in [9.17, 15) is 9.90 Å². The molecule has 0 saturated carbocycles. The molecule has 0 spiro atoms. The minimum absolute atomic E-state index is 0.222. The zero-order valence-electron chi connectivity index (χ0n) is 13.9. The number of aryl methyl sites for hydroxylation is 1. The van der Waals surface area contributed by atoms with Crippen LogP contribution in [-0.2, 0) is 0 Å². The first kappa shape index (κ1) is 16.9. The van der Waals surface area contributed by atoms with Gasteiger partial charge in [-0.05, 0) is 13.0 Å². The maximum atomic E-state index is 11.3. The van der Waals surface area contributed by atoms with Crippen molar-refractivity contribution < 1.29 is 9.90 Å². The van der Waals surface area contributed by atoms with E-state index in [2.05, 4.69) is 10.1 Å². The van der Waals surface area contributed by atoms with E-state index >= 15 is 0 Å². The molecule has 1 heterocycles. The molecule has 0 atom stereocenters. The van der Waals surface area contributed by atoms with Gasteiger partial charge in [-0.15, -0.1) is 0 Å².